The molecule has 2 saturated carbocycles. The minimum absolute atomic E-state index is 0.0680. The predicted octanol–water partition coefficient (Wildman–Crippen LogP) is 11.5. The van der Waals surface area contributed by atoms with E-state index in [1.807, 2.05) is 18.5 Å². The summed E-state index contributed by atoms with van der Waals surface area (Å²) in [5.41, 5.74) is 4.48. The third-order valence-electron chi connectivity index (χ3n) is 18.7. The maximum atomic E-state index is 13.6. The molecule has 6 rings (SSSR count). The van der Waals surface area contributed by atoms with Crippen LogP contribution in [-0.4, -0.2) is 140 Å². The Kier molecular flexibility index (Phi) is 24.2. The van der Waals surface area contributed by atoms with Gasteiger partial charge in [0.05, 0.1) is 17.1 Å². The molecule has 77 heavy (non-hydrogen) atoms. The van der Waals surface area contributed by atoms with Crippen LogP contribution in [0.1, 0.15) is 164 Å². The Balaban J connectivity index is 1.26. The van der Waals surface area contributed by atoms with Gasteiger partial charge >= 0.3 is 6.18 Å². The number of hydrogen-bond donors (Lipinski definition) is 6. The first kappa shape index (κ1) is 63.1. The number of fused-ring (bicyclic) bond motifs is 2. The van der Waals surface area contributed by atoms with Gasteiger partial charge in [-0.3, -0.25) is 9.89 Å². The van der Waals surface area contributed by atoms with Gasteiger partial charge in [-0.05, 0) is 140 Å². The van der Waals surface area contributed by atoms with Crippen molar-refractivity contribution in [1.29, 1.82) is 0 Å². The first-order chi connectivity index (χ1) is 36.6. The largest absolute Gasteiger partial charge is 0.417 e. The number of allylic oxidation sites excluding steroid dienone is 5. The normalized spacial score (nSPS) is 30.7. The fourth-order valence-electron chi connectivity index (χ4n) is 13.1. The van der Waals surface area contributed by atoms with Crippen LogP contribution in [0.5, 0.6) is 0 Å². The van der Waals surface area contributed by atoms with Crippen LogP contribution in [0.3, 0.4) is 0 Å². The number of halogens is 4. The van der Waals surface area contributed by atoms with Crippen LogP contribution in [0, 0.1) is 23.7 Å². The van der Waals surface area contributed by atoms with Crippen molar-refractivity contribution < 1.29 is 13.2 Å². The zero-order chi connectivity index (χ0) is 56.0. The lowest BCUT2D eigenvalue weighted by molar-refractivity contribution is -0.137. The van der Waals surface area contributed by atoms with E-state index >= 15 is 0 Å². The number of rotatable bonds is 7. The van der Waals surface area contributed by atoms with Crippen molar-refractivity contribution in [3.8, 4) is 0 Å². The van der Waals surface area contributed by atoms with Crippen molar-refractivity contribution in [2.45, 2.75) is 220 Å². The van der Waals surface area contributed by atoms with Crippen LogP contribution in [-0.2, 0) is 12.6 Å². The monoisotopic (exact) mass is 1100 g/mol. The molecule has 1 aromatic carbocycles. The van der Waals surface area contributed by atoms with Gasteiger partial charge in [0.2, 0.25) is 0 Å². The van der Waals surface area contributed by atoms with E-state index in [0.29, 0.717) is 73.5 Å². The molecule has 0 bridgehead atoms. The topological polar surface area (TPSA) is 97.5 Å². The van der Waals surface area contributed by atoms with Crippen LogP contribution in [0.15, 0.2) is 70.7 Å². The smallest absolute Gasteiger partial charge is 0.369 e. The van der Waals surface area contributed by atoms with E-state index in [-0.39, 0.29) is 22.5 Å². The van der Waals surface area contributed by atoms with E-state index < -0.39 is 11.7 Å². The highest BCUT2D eigenvalue weighted by Gasteiger charge is 2.47. The summed E-state index contributed by atoms with van der Waals surface area (Å²) in [4.78, 5) is 14.8. The second-order valence-electron chi connectivity index (χ2n) is 24.8. The lowest BCUT2D eigenvalue weighted by atomic mass is 9.80. The van der Waals surface area contributed by atoms with Crippen molar-refractivity contribution in [3.63, 3.8) is 0 Å². The van der Waals surface area contributed by atoms with E-state index in [4.69, 9.17) is 16.6 Å². The average Bonchev–Trinajstić information content (AvgIpc) is 4.20. The summed E-state index contributed by atoms with van der Waals surface area (Å²) in [5, 5.41) is 23.7. The summed E-state index contributed by atoms with van der Waals surface area (Å²) >= 11 is 6.16. The molecule has 2 aliphatic carbocycles. The number of nitrogens with zero attached hydrogens (tertiary/aromatic N) is 5. The molecule has 4 unspecified atom stereocenters. The first-order valence-corrected chi connectivity index (χ1v) is 30.6. The molecule has 6 N–H and O–H groups in total. The van der Waals surface area contributed by atoms with Crippen molar-refractivity contribution in [1.82, 2.24) is 51.5 Å². The van der Waals surface area contributed by atoms with E-state index in [0.717, 1.165) is 80.9 Å². The van der Waals surface area contributed by atoms with Crippen molar-refractivity contribution in [3.05, 3.63) is 81.8 Å². The van der Waals surface area contributed by atoms with Gasteiger partial charge in [-0.1, -0.05) is 84.4 Å². The zero-order valence-electron chi connectivity index (χ0n) is 49.9. The van der Waals surface area contributed by atoms with Gasteiger partial charge in [0.1, 0.15) is 0 Å². The van der Waals surface area contributed by atoms with E-state index in [1.165, 1.54) is 81.4 Å². The Labute approximate surface area is 470 Å². The van der Waals surface area contributed by atoms with Crippen molar-refractivity contribution in [2.75, 3.05) is 59.9 Å². The Bertz CT molecular complexity index is 2130. The molecule has 0 aromatic heterocycles. The standard InChI is InChI=1S/C62H105ClF3N11/c1-14-43(4)57-36-69-46(7)47(8)70-37-58-44(5)38-77(58)60(52-20-15-16-21-52)49(10)73-61(28-17-18-29-61)41-68-32-31-67-30-27-53(25-23-51-24-26-55(56(63)34-51)62(64,65)66)71-35-45(6)74(12)40-59(42(2)3)75(13)39-54-22-19-33-76(54)50(11)48(9)72-57/h24,26-27,30,34-35,39-40,42-44,46-50,52,57-58,60,68-73H,14-23,25,28-29,31-33,36-38,41H2,1-13H3/t43-,44+,46-,47?,48?,49?,50-,57+,58?,60+/m0/s1. The van der Waals surface area contributed by atoms with Gasteiger partial charge in [0, 0.05) is 155 Å². The van der Waals surface area contributed by atoms with Crippen LogP contribution in [0.2, 0.25) is 5.02 Å². The molecule has 3 heterocycles. The van der Waals surface area contributed by atoms with Gasteiger partial charge in [0.15, 0.2) is 0 Å². The van der Waals surface area contributed by atoms with Crippen LogP contribution >= 0.6 is 11.6 Å². The Morgan fingerprint density at radius 2 is 1.56 bits per heavy atom. The van der Waals surface area contributed by atoms with E-state index in [1.54, 1.807) is 0 Å². The van der Waals surface area contributed by atoms with Crippen molar-refractivity contribution >= 4 is 17.8 Å². The number of nitrogens with one attached hydrogen (secondary N) is 6. The molecular formula is C62H105ClF3N11. The maximum Gasteiger partial charge on any atom is 0.417 e. The minimum atomic E-state index is -4.50. The molecule has 2 saturated heterocycles. The Hall–Kier alpha value is -3.11. The molecule has 436 valence electrons. The molecule has 10 atom stereocenters. The van der Waals surface area contributed by atoms with Gasteiger partial charge in [-0.15, -0.1) is 0 Å². The van der Waals surface area contributed by atoms with Gasteiger partial charge in [-0.2, -0.15) is 13.2 Å². The second kappa shape index (κ2) is 29.6. The SMILES string of the molecule is CC[C@H](C)[C@H]1CN[C@@H](C)C(C)NCC2[C@H](C)CN2[C@@H](C2CCCC2)C(C)NC2(CCCC2)CNCCN=CC=C(CCc2ccc(C(F)(F)F)c(Cl)c2)NC=C(C)N(C)C=C(C(C)C)N(C)C=C2CCCN2[C@@H](C)C(C)N1. The highest BCUT2D eigenvalue weighted by atomic mass is 35.5. The number of aryl methyl sites for hydroxylation is 1. The lowest BCUT2D eigenvalue weighted by Gasteiger charge is -2.55. The number of aliphatic imine (C=N–C) groups is 1. The van der Waals surface area contributed by atoms with Crippen LogP contribution in [0.4, 0.5) is 13.2 Å². The average molecular weight is 1100 g/mol. The minimum Gasteiger partial charge on any atom is -0.369 e. The third kappa shape index (κ3) is 17.7. The van der Waals surface area contributed by atoms with Crippen molar-refractivity contribution in [2.24, 2.45) is 28.7 Å². The summed E-state index contributed by atoms with van der Waals surface area (Å²) in [6, 6.07) is 7.12. The molecule has 0 amide bonds. The highest BCUT2D eigenvalue weighted by molar-refractivity contribution is 6.31. The lowest BCUT2D eigenvalue weighted by Crippen LogP contribution is -2.70. The summed E-state index contributed by atoms with van der Waals surface area (Å²) in [7, 11) is 4.25. The zero-order valence-corrected chi connectivity index (χ0v) is 50.7. The summed E-state index contributed by atoms with van der Waals surface area (Å²) < 4.78 is 40.7. The van der Waals surface area contributed by atoms with Crippen LogP contribution in [0.25, 0.3) is 0 Å². The molecule has 1 spiro atoms. The fourth-order valence-corrected chi connectivity index (χ4v) is 13.4. The number of hydrogen-bond acceptors (Lipinski definition) is 11. The second-order valence-corrected chi connectivity index (χ2v) is 25.2. The molecule has 0 radical (unpaired) electrons. The Morgan fingerprint density at radius 1 is 0.857 bits per heavy atom. The molecule has 4 fully saturated rings. The molecule has 1 aromatic rings. The number of benzene rings is 1. The van der Waals surface area contributed by atoms with Gasteiger partial charge in [0.25, 0.3) is 0 Å². The fraction of sp³-hybridized carbons (Fsp3) is 0.758. The molecule has 11 nitrogen and oxygen atoms in total. The molecule has 3 aliphatic heterocycles. The van der Waals surface area contributed by atoms with Gasteiger partial charge in [-0.25, -0.2) is 0 Å². The summed E-state index contributed by atoms with van der Waals surface area (Å²) in [6.07, 6.45) is 20.6. The van der Waals surface area contributed by atoms with E-state index in [2.05, 4.69) is 154 Å². The maximum absolute atomic E-state index is 13.6. The summed E-state index contributed by atoms with van der Waals surface area (Å²) in [6.45, 7) is 32.3. The molecule has 15 heteroatoms. The first-order valence-electron chi connectivity index (χ1n) is 30.2. The molecular weight excluding hydrogens is 991 g/mol. The van der Waals surface area contributed by atoms with Crippen LogP contribution < -0.4 is 31.9 Å². The quantitative estimate of drug-likeness (QED) is 0.158. The van der Waals surface area contributed by atoms with Gasteiger partial charge < -0.3 is 46.6 Å². The Morgan fingerprint density at radius 3 is 2.21 bits per heavy atom. The number of alkyl halides is 3. The predicted molar refractivity (Wildman–Crippen MR) is 318 cm³/mol. The highest BCUT2D eigenvalue weighted by Crippen LogP contribution is 2.40. The summed E-state index contributed by atoms with van der Waals surface area (Å²) in [5.74, 6) is 2.18. The van der Waals surface area contributed by atoms with E-state index in [9.17, 15) is 13.2 Å². The molecule has 5 aliphatic rings. The third-order valence-corrected chi connectivity index (χ3v) is 19.0.